The first-order valence-corrected chi connectivity index (χ1v) is 5.72. The van der Waals surface area contributed by atoms with Crippen LogP contribution in [0.1, 0.15) is 0 Å². The summed E-state index contributed by atoms with van der Waals surface area (Å²) in [5.41, 5.74) is 0.882. The molecule has 2 aromatic heterocycles. The predicted molar refractivity (Wildman–Crippen MR) is 64.6 cm³/mol. The summed E-state index contributed by atoms with van der Waals surface area (Å²) >= 11 is 0. The molecule has 3 heterocycles. The molecule has 0 aromatic carbocycles. The zero-order valence-electron chi connectivity index (χ0n) is 9.76. The van der Waals surface area contributed by atoms with Gasteiger partial charge in [0.1, 0.15) is 0 Å². The molecule has 1 N–H and O–H groups in total. The van der Waals surface area contributed by atoms with E-state index in [0.717, 1.165) is 37.6 Å². The van der Waals surface area contributed by atoms with Crippen LogP contribution in [0.15, 0.2) is 18.6 Å². The molecule has 0 bridgehead atoms. The van der Waals surface area contributed by atoms with Crippen molar-refractivity contribution in [3.8, 4) is 5.88 Å². The predicted octanol–water partition coefficient (Wildman–Crippen LogP) is 0.147. The quantitative estimate of drug-likeness (QED) is 0.800. The van der Waals surface area contributed by atoms with E-state index in [1.807, 2.05) is 16.8 Å². The summed E-state index contributed by atoms with van der Waals surface area (Å²) in [6.45, 7) is 3.85. The number of imidazole rings is 1. The van der Waals surface area contributed by atoms with Gasteiger partial charge in [-0.1, -0.05) is 0 Å². The van der Waals surface area contributed by atoms with Crippen LogP contribution in [0.3, 0.4) is 0 Å². The Balaban J connectivity index is 2.08. The molecule has 1 fully saturated rings. The largest absolute Gasteiger partial charge is 0.480 e. The van der Waals surface area contributed by atoms with E-state index in [4.69, 9.17) is 4.74 Å². The van der Waals surface area contributed by atoms with Crippen LogP contribution in [0.4, 0.5) is 5.82 Å². The number of ether oxygens (including phenoxy) is 1. The van der Waals surface area contributed by atoms with Crippen LogP contribution >= 0.6 is 0 Å². The fourth-order valence-electron chi connectivity index (χ4n) is 2.08. The molecule has 90 valence electrons. The molecule has 3 rings (SSSR count). The summed E-state index contributed by atoms with van der Waals surface area (Å²) in [7, 11) is 1.63. The number of hydrogen-bond donors (Lipinski definition) is 1. The Morgan fingerprint density at radius 2 is 2.18 bits per heavy atom. The Bertz CT molecular complexity index is 518. The molecular weight excluding hydrogens is 218 g/mol. The molecule has 0 amide bonds. The van der Waals surface area contributed by atoms with Crippen molar-refractivity contribution >= 4 is 11.5 Å². The second-order valence-electron chi connectivity index (χ2n) is 4.00. The topological polar surface area (TPSA) is 54.7 Å². The number of methoxy groups -OCH3 is 1. The summed E-state index contributed by atoms with van der Waals surface area (Å²) in [4.78, 5) is 11.1. The van der Waals surface area contributed by atoms with E-state index in [1.54, 1.807) is 13.3 Å². The highest BCUT2D eigenvalue weighted by Crippen LogP contribution is 2.21. The molecule has 0 atom stereocenters. The van der Waals surface area contributed by atoms with Crippen molar-refractivity contribution in [3.05, 3.63) is 18.6 Å². The van der Waals surface area contributed by atoms with Gasteiger partial charge in [0.2, 0.25) is 5.88 Å². The summed E-state index contributed by atoms with van der Waals surface area (Å²) in [6, 6.07) is 0. The maximum absolute atomic E-state index is 5.22. The summed E-state index contributed by atoms with van der Waals surface area (Å²) in [5, 5.41) is 3.33. The molecule has 6 nitrogen and oxygen atoms in total. The maximum atomic E-state index is 5.22. The van der Waals surface area contributed by atoms with E-state index in [-0.39, 0.29) is 0 Å². The summed E-state index contributed by atoms with van der Waals surface area (Å²) < 4.78 is 7.17. The number of rotatable bonds is 2. The van der Waals surface area contributed by atoms with Crippen LogP contribution in [0, 0.1) is 0 Å². The van der Waals surface area contributed by atoms with Gasteiger partial charge >= 0.3 is 0 Å². The molecule has 0 unspecified atom stereocenters. The molecule has 0 saturated carbocycles. The minimum atomic E-state index is 0.615. The molecule has 0 spiro atoms. The van der Waals surface area contributed by atoms with Gasteiger partial charge in [-0.05, 0) is 0 Å². The number of anilines is 1. The van der Waals surface area contributed by atoms with Gasteiger partial charge in [0.15, 0.2) is 11.5 Å². The second kappa shape index (κ2) is 4.21. The molecule has 1 saturated heterocycles. The van der Waals surface area contributed by atoms with Crippen LogP contribution in [-0.2, 0) is 0 Å². The molecule has 6 heteroatoms. The molecule has 0 radical (unpaired) electrons. The van der Waals surface area contributed by atoms with Gasteiger partial charge in [0.05, 0.1) is 13.3 Å². The third-order valence-corrected chi connectivity index (χ3v) is 2.96. The SMILES string of the molecule is COc1cn2ccnc2c(N2CCNCC2)n1. The van der Waals surface area contributed by atoms with Crippen molar-refractivity contribution in [1.29, 1.82) is 0 Å². The first-order chi connectivity index (χ1) is 8.38. The number of aromatic nitrogens is 3. The maximum Gasteiger partial charge on any atom is 0.232 e. The lowest BCUT2D eigenvalue weighted by molar-refractivity contribution is 0.395. The van der Waals surface area contributed by atoms with E-state index in [2.05, 4.69) is 20.2 Å². The lowest BCUT2D eigenvalue weighted by Crippen LogP contribution is -2.44. The fraction of sp³-hybridized carbons (Fsp3) is 0.455. The van der Waals surface area contributed by atoms with Crippen LogP contribution in [0.2, 0.25) is 0 Å². The second-order valence-corrected chi connectivity index (χ2v) is 4.00. The first-order valence-electron chi connectivity index (χ1n) is 5.72. The zero-order valence-corrected chi connectivity index (χ0v) is 9.76. The molecule has 2 aromatic rings. The van der Waals surface area contributed by atoms with E-state index in [9.17, 15) is 0 Å². The Morgan fingerprint density at radius 1 is 1.35 bits per heavy atom. The molecule has 0 aliphatic carbocycles. The van der Waals surface area contributed by atoms with Gasteiger partial charge in [0, 0.05) is 38.6 Å². The molecule has 1 aliphatic rings. The van der Waals surface area contributed by atoms with E-state index in [1.165, 1.54) is 0 Å². The first kappa shape index (κ1) is 10.3. The van der Waals surface area contributed by atoms with E-state index in [0.29, 0.717) is 5.88 Å². The van der Waals surface area contributed by atoms with Crippen molar-refractivity contribution in [2.75, 3.05) is 38.2 Å². The third kappa shape index (κ3) is 1.80. The normalized spacial score (nSPS) is 16.4. The van der Waals surface area contributed by atoms with Gasteiger partial charge < -0.3 is 15.0 Å². The Kier molecular flexibility index (Phi) is 2.56. The number of nitrogens with zero attached hydrogens (tertiary/aromatic N) is 4. The van der Waals surface area contributed by atoms with Crippen molar-refractivity contribution < 1.29 is 4.74 Å². The Hall–Kier alpha value is -1.82. The van der Waals surface area contributed by atoms with Crippen LogP contribution in [0.25, 0.3) is 5.65 Å². The van der Waals surface area contributed by atoms with Gasteiger partial charge in [0.25, 0.3) is 0 Å². The van der Waals surface area contributed by atoms with E-state index < -0.39 is 0 Å². The molecule has 1 aliphatic heterocycles. The van der Waals surface area contributed by atoms with Crippen LogP contribution in [0.5, 0.6) is 5.88 Å². The molecular formula is C11H15N5O. The van der Waals surface area contributed by atoms with Crippen molar-refractivity contribution in [1.82, 2.24) is 19.7 Å². The highest BCUT2D eigenvalue weighted by atomic mass is 16.5. The average molecular weight is 233 g/mol. The third-order valence-electron chi connectivity index (χ3n) is 2.96. The highest BCUT2D eigenvalue weighted by molar-refractivity contribution is 5.65. The Morgan fingerprint density at radius 3 is 2.94 bits per heavy atom. The smallest absolute Gasteiger partial charge is 0.232 e. The summed E-state index contributed by atoms with van der Waals surface area (Å²) in [6.07, 6.45) is 5.53. The van der Waals surface area contributed by atoms with E-state index >= 15 is 0 Å². The van der Waals surface area contributed by atoms with Gasteiger partial charge in [-0.25, -0.2) is 4.98 Å². The fourth-order valence-corrected chi connectivity index (χ4v) is 2.08. The van der Waals surface area contributed by atoms with Crippen molar-refractivity contribution in [2.45, 2.75) is 0 Å². The zero-order chi connectivity index (χ0) is 11.7. The van der Waals surface area contributed by atoms with Gasteiger partial charge in [-0.3, -0.25) is 4.40 Å². The number of nitrogens with one attached hydrogen (secondary N) is 1. The van der Waals surface area contributed by atoms with Gasteiger partial charge in [-0.2, -0.15) is 4.98 Å². The van der Waals surface area contributed by atoms with Crippen LogP contribution in [-0.4, -0.2) is 47.7 Å². The lowest BCUT2D eigenvalue weighted by atomic mass is 10.3. The van der Waals surface area contributed by atoms with Crippen LogP contribution < -0.4 is 15.0 Å². The lowest BCUT2D eigenvalue weighted by Gasteiger charge is -2.28. The highest BCUT2D eigenvalue weighted by Gasteiger charge is 2.17. The number of fused-ring (bicyclic) bond motifs is 1. The standard InChI is InChI=1S/C11H15N5O/c1-17-9-8-16-7-4-13-10(16)11(14-9)15-5-2-12-3-6-15/h4,7-8,12H,2-3,5-6H2,1H3. The number of piperazine rings is 1. The minimum Gasteiger partial charge on any atom is -0.480 e. The Labute approximate surface area is 99.2 Å². The average Bonchev–Trinajstić information content (AvgIpc) is 2.86. The van der Waals surface area contributed by atoms with Crippen molar-refractivity contribution in [3.63, 3.8) is 0 Å². The number of hydrogen-bond acceptors (Lipinski definition) is 5. The van der Waals surface area contributed by atoms with Gasteiger partial charge in [-0.15, -0.1) is 0 Å². The summed E-state index contributed by atoms with van der Waals surface area (Å²) in [5.74, 6) is 1.51. The molecule has 17 heavy (non-hydrogen) atoms. The van der Waals surface area contributed by atoms with Crippen molar-refractivity contribution in [2.24, 2.45) is 0 Å². The monoisotopic (exact) mass is 233 g/mol. The minimum absolute atomic E-state index is 0.615.